The molecule has 212 valence electrons. The van der Waals surface area contributed by atoms with Gasteiger partial charge in [-0.05, 0) is 66.4 Å². The van der Waals surface area contributed by atoms with E-state index in [2.05, 4.69) is 29.4 Å². The van der Waals surface area contributed by atoms with E-state index in [0.29, 0.717) is 36.6 Å². The number of benzene rings is 3. The zero-order valence-corrected chi connectivity index (χ0v) is 23.8. The van der Waals surface area contributed by atoms with Gasteiger partial charge in [0.1, 0.15) is 11.4 Å². The molecule has 0 fully saturated rings. The monoisotopic (exact) mass is 559 g/mol. The highest BCUT2D eigenvalue weighted by molar-refractivity contribution is 6.07. The van der Waals surface area contributed by atoms with E-state index in [-0.39, 0.29) is 11.8 Å². The Labute approximate surface area is 245 Å². The van der Waals surface area contributed by atoms with Gasteiger partial charge >= 0.3 is 0 Å². The third-order valence-electron chi connectivity index (χ3n) is 7.80. The average molecular weight is 560 g/mol. The second-order valence-electron chi connectivity index (χ2n) is 10.5. The summed E-state index contributed by atoms with van der Waals surface area (Å²) in [5.74, 6) is 0.395. The maximum Gasteiger partial charge on any atom is 0.267 e. The number of nitrogens with one attached hydrogen (secondary N) is 1. The van der Waals surface area contributed by atoms with E-state index in [4.69, 9.17) is 4.74 Å². The smallest absolute Gasteiger partial charge is 0.267 e. The molecule has 0 radical (unpaired) electrons. The Bertz CT molecular complexity index is 1740. The normalized spacial score (nSPS) is 12.3. The first-order chi connectivity index (χ1) is 20.5. The number of para-hydroxylation sites is 1. The molecule has 8 nitrogen and oxygen atoms in total. The van der Waals surface area contributed by atoms with Crippen molar-refractivity contribution in [2.75, 3.05) is 18.6 Å². The SMILES string of the molecule is COc1cc(C(=O)N2Cc3ccc(C(=O)NCCCn4ccnc4)n3Cc3ccccc32)ccc1-c1ccccc1C. The van der Waals surface area contributed by atoms with Crippen LogP contribution in [0, 0.1) is 6.92 Å². The Hall–Kier alpha value is -5.11. The van der Waals surface area contributed by atoms with Crippen molar-refractivity contribution in [3.8, 4) is 16.9 Å². The van der Waals surface area contributed by atoms with Crippen molar-refractivity contribution in [1.29, 1.82) is 0 Å². The number of amides is 2. The lowest BCUT2D eigenvalue weighted by Crippen LogP contribution is -2.31. The third kappa shape index (κ3) is 5.31. The number of carbonyl (C=O) groups excluding carboxylic acids is 2. The van der Waals surface area contributed by atoms with Gasteiger partial charge in [-0.1, -0.05) is 42.5 Å². The molecule has 6 rings (SSSR count). The lowest BCUT2D eigenvalue weighted by Gasteiger charge is -2.23. The molecule has 42 heavy (non-hydrogen) atoms. The fraction of sp³-hybridized carbons (Fsp3) is 0.206. The number of anilines is 1. The average Bonchev–Trinajstić information content (AvgIpc) is 3.65. The predicted octanol–water partition coefficient (Wildman–Crippen LogP) is 5.70. The van der Waals surface area contributed by atoms with E-state index in [9.17, 15) is 9.59 Å². The molecule has 0 aliphatic carbocycles. The molecule has 1 aliphatic rings. The zero-order chi connectivity index (χ0) is 29.1. The molecule has 3 aromatic carbocycles. The van der Waals surface area contributed by atoms with Gasteiger partial charge in [-0.15, -0.1) is 0 Å². The molecule has 2 amide bonds. The highest BCUT2D eigenvalue weighted by atomic mass is 16.5. The van der Waals surface area contributed by atoms with Crippen LogP contribution in [-0.2, 0) is 19.6 Å². The molecule has 0 bridgehead atoms. The minimum Gasteiger partial charge on any atom is -0.496 e. The third-order valence-corrected chi connectivity index (χ3v) is 7.80. The number of hydrogen-bond acceptors (Lipinski definition) is 4. The molecule has 2 aromatic heterocycles. The van der Waals surface area contributed by atoms with Crippen LogP contribution in [0.3, 0.4) is 0 Å². The molecule has 8 heteroatoms. The van der Waals surface area contributed by atoms with Crippen molar-refractivity contribution in [1.82, 2.24) is 19.4 Å². The summed E-state index contributed by atoms with van der Waals surface area (Å²) < 4.78 is 9.75. The predicted molar refractivity (Wildman–Crippen MR) is 163 cm³/mol. The van der Waals surface area contributed by atoms with E-state index in [1.807, 2.05) is 82.1 Å². The summed E-state index contributed by atoms with van der Waals surface area (Å²) in [6.45, 7) is 4.24. The van der Waals surface area contributed by atoms with E-state index >= 15 is 0 Å². The summed E-state index contributed by atoms with van der Waals surface area (Å²) in [6.07, 6.45) is 6.23. The summed E-state index contributed by atoms with van der Waals surface area (Å²) in [7, 11) is 1.63. The van der Waals surface area contributed by atoms with Gasteiger partial charge in [0.05, 0.1) is 26.5 Å². The van der Waals surface area contributed by atoms with Crippen LogP contribution in [0.25, 0.3) is 11.1 Å². The highest BCUT2D eigenvalue weighted by Crippen LogP contribution is 2.35. The van der Waals surface area contributed by atoms with Crippen LogP contribution >= 0.6 is 0 Å². The molecule has 3 heterocycles. The van der Waals surface area contributed by atoms with Gasteiger partial charge in [0, 0.05) is 48.0 Å². The van der Waals surface area contributed by atoms with E-state index in [1.165, 1.54) is 0 Å². The summed E-state index contributed by atoms with van der Waals surface area (Å²) >= 11 is 0. The molecule has 0 spiro atoms. The molecule has 0 atom stereocenters. The Morgan fingerprint density at radius 1 is 0.952 bits per heavy atom. The van der Waals surface area contributed by atoms with Gasteiger partial charge in [-0.3, -0.25) is 9.59 Å². The second-order valence-corrected chi connectivity index (χ2v) is 10.5. The Kier molecular flexibility index (Phi) is 7.60. The van der Waals surface area contributed by atoms with Crippen LogP contribution in [0.4, 0.5) is 5.69 Å². The Morgan fingerprint density at radius 3 is 2.60 bits per heavy atom. The number of fused-ring (bicyclic) bond motifs is 2. The molecular weight excluding hydrogens is 526 g/mol. The van der Waals surface area contributed by atoms with Crippen LogP contribution in [0.15, 0.2) is 97.6 Å². The van der Waals surface area contributed by atoms with Gasteiger partial charge < -0.3 is 24.1 Å². The molecule has 1 aliphatic heterocycles. The van der Waals surface area contributed by atoms with Crippen molar-refractivity contribution in [3.05, 3.63) is 126 Å². The number of nitrogens with zero attached hydrogens (tertiary/aromatic N) is 4. The maximum atomic E-state index is 14.1. The molecular formula is C34H33N5O3. The second kappa shape index (κ2) is 11.8. The highest BCUT2D eigenvalue weighted by Gasteiger charge is 2.28. The molecule has 1 N–H and O–H groups in total. The number of imidazole rings is 1. The quantitative estimate of drug-likeness (QED) is 0.248. The van der Waals surface area contributed by atoms with E-state index in [1.54, 1.807) is 24.5 Å². The molecule has 0 saturated carbocycles. The lowest BCUT2D eigenvalue weighted by atomic mass is 9.98. The van der Waals surface area contributed by atoms with Crippen LogP contribution in [0.1, 0.15) is 44.1 Å². The first kappa shape index (κ1) is 27.1. The van der Waals surface area contributed by atoms with Crippen molar-refractivity contribution >= 4 is 17.5 Å². The number of aryl methyl sites for hydroxylation is 2. The zero-order valence-electron chi connectivity index (χ0n) is 23.8. The molecule has 0 saturated heterocycles. The van der Waals surface area contributed by atoms with Gasteiger partial charge in [-0.2, -0.15) is 0 Å². The van der Waals surface area contributed by atoms with Gasteiger partial charge in [0.25, 0.3) is 11.8 Å². The van der Waals surface area contributed by atoms with Gasteiger partial charge in [0.15, 0.2) is 0 Å². The maximum absolute atomic E-state index is 14.1. The van der Waals surface area contributed by atoms with Crippen molar-refractivity contribution in [2.24, 2.45) is 0 Å². The largest absolute Gasteiger partial charge is 0.496 e. The fourth-order valence-electron chi connectivity index (χ4n) is 5.59. The number of aromatic nitrogens is 3. The summed E-state index contributed by atoms with van der Waals surface area (Å²) in [6, 6.07) is 25.4. The minimum absolute atomic E-state index is 0.124. The Balaban J connectivity index is 1.26. The number of carbonyl (C=O) groups is 2. The summed E-state index contributed by atoms with van der Waals surface area (Å²) in [5.41, 5.74) is 6.97. The summed E-state index contributed by atoms with van der Waals surface area (Å²) in [4.78, 5) is 33.1. The standard InChI is InChI=1S/C34H33N5O3/c1-24-8-3-5-10-28(24)29-14-12-25(20-32(29)42-2)34(41)39-22-27-13-15-31(38(27)21-26-9-4-6-11-30(26)39)33(40)36-16-7-18-37-19-17-35-23-37/h3-6,8-15,17,19-20,23H,7,16,18,21-22H2,1-2H3,(H,36,40). The van der Waals surface area contributed by atoms with Crippen LogP contribution in [0.2, 0.25) is 0 Å². The van der Waals surface area contributed by atoms with Crippen LogP contribution in [-0.4, -0.2) is 39.6 Å². The Morgan fingerprint density at radius 2 is 1.79 bits per heavy atom. The minimum atomic E-state index is -0.128. The van der Waals surface area contributed by atoms with E-state index in [0.717, 1.165) is 46.6 Å². The number of methoxy groups -OCH3 is 1. The number of rotatable bonds is 8. The molecule has 5 aromatic rings. The van der Waals surface area contributed by atoms with Crippen molar-refractivity contribution < 1.29 is 14.3 Å². The van der Waals surface area contributed by atoms with Crippen molar-refractivity contribution in [3.63, 3.8) is 0 Å². The summed E-state index contributed by atoms with van der Waals surface area (Å²) in [5, 5.41) is 3.05. The van der Waals surface area contributed by atoms with Gasteiger partial charge in [-0.25, -0.2) is 4.98 Å². The lowest BCUT2D eigenvalue weighted by molar-refractivity contribution is 0.0943. The number of hydrogen-bond donors (Lipinski definition) is 1. The van der Waals surface area contributed by atoms with E-state index < -0.39 is 0 Å². The van der Waals surface area contributed by atoms with Gasteiger partial charge in [0.2, 0.25) is 0 Å². The molecule has 0 unspecified atom stereocenters. The van der Waals surface area contributed by atoms with Crippen LogP contribution in [0.5, 0.6) is 5.75 Å². The number of ether oxygens (including phenoxy) is 1. The first-order valence-electron chi connectivity index (χ1n) is 14.1. The first-order valence-corrected chi connectivity index (χ1v) is 14.1. The van der Waals surface area contributed by atoms with Crippen LogP contribution < -0.4 is 15.0 Å². The topological polar surface area (TPSA) is 81.4 Å². The fourth-order valence-corrected chi connectivity index (χ4v) is 5.59. The van der Waals surface area contributed by atoms with Crippen molar-refractivity contribution in [2.45, 2.75) is 33.0 Å².